The van der Waals surface area contributed by atoms with Crippen LogP contribution < -0.4 is 5.32 Å². The largest absolute Gasteiger partial charge is 0.433 e. The van der Waals surface area contributed by atoms with Crippen LogP contribution in [-0.4, -0.2) is 9.91 Å². The van der Waals surface area contributed by atoms with Crippen LogP contribution in [0.4, 0.5) is 5.88 Å². The van der Waals surface area contributed by atoms with Crippen molar-refractivity contribution in [2.24, 2.45) is 0 Å². The number of hydrogen-bond acceptors (Lipinski definition) is 6. The molecule has 6 nitrogen and oxygen atoms in total. The molecule has 0 saturated carbocycles. The second kappa shape index (κ2) is 5.07. The Morgan fingerprint density at radius 2 is 2.35 bits per heavy atom. The molecule has 0 fully saturated rings. The van der Waals surface area contributed by atoms with E-state index in [1.807, 2.05) is 13.1 Å². The third-order valence-electron chi connectivity index (χ3n) is 2.10. The summed E-state index contributed by atoms with van der Waals surface area (Å²) in [6, 6.07) is 2.96. The molecule has 2 heterocycles. The van der Waals surface area contributed by atoms with Gasteiger partial charge in [-0.2, -0.15) is 0 Å². The topological polar surface area (TPSA) is 81.2 Å². The second-order valence-corrected chi connectivity index (χ2v) is 4.77. The molecule has 2 aromatic heterocycles. The summed E-state index contributed by atoms with van der Waals surface area (Å²) in [6.07, 6.45) is 1.82. The second-order valence-electron chi connectivity index (χ2n) is 3.45. The van der Waals surface area contributed by atoms with E-state index in [1.165, 1.54) is 6.07 Å². The first-order valence-electron chi connectivity index (χ1n) is 5.00. The third-order valence-corrected chi connectivity index (χ3v) is 3.01. The van der Waals surface area contributed by atoms with Crippen molar-refractivity contribution in [3.05, 3.63) is 44.1 Å². The summed E-state index contributed by atoms with van der Waals surface area (Å²) in [4.78, 5) is 15.1. The van der Waals surface area contributed by atoms with Crippen molar-refractivity contribution >= 4 is 17.2 Å². The Hall–Kier alpha value is -1.73. The Morgan fingerprint density at radius 1 is 1.53 bits per heavy atom. The molecule has 0 aliphatic heterocycles. The molecular weight excluding hydrogens is 242 g/mol. The zero-order valence-corrected chi connectivity index (χ0v) is 9.99. The van der Waals surface area contributed by atoms with Crippen molar-refractivity contribution in [2.45, 2.75) is 20.0 Å². The van der Waals surface area contributed by atoms with E-state index in [4.69, 9.17) is 4.42 Å². The van der Waals surface area contributed by atoms with Gasteiger partial charge in [-0.25, -0.2) is 4.98 Å². The zero-order valence-electron chi connectivity index (χ0n) is 9.17. The molecule has 7 heteroatoms. The summed E-state index contributed by atoms with van der Waals surface area (Å²) in [7, 11) is 0. The van der Waals surface area contributed by atoms with Gasteiger partial charge in [-0.3, -0.25) is 10.1 Å². The fraction of sp³-hybridized carbons (Fsp3) is 0.300. The minimum Gasteiger partial charge on any atom is -0.404 e. The first-order valence-corrected chi connectivity index (χ1v) is 5.82. The van der Waals surface area contributed by atoms with Crippen LogP contribution in [0.25, 0.3) is 0 Å². The number of nitrogens with one attached hydrogen (secondary N) is 1. The van der Waals surface area contributed by atoms with Gasteiger partial charge in [0.1, 0.15) is 10.7 Å². The molecule has 0 radical (unpaired) electrons. The van der Waals surface area contributed by atoms with Gasteiger partial charge in [-0.1, -0.05) is 0 Å². The van der Waals surface area contributed by atoms with Crippen molar-refractivity contribution in [3.8, 4) is 0 Å². The van der Waals surface area contributed by atoms with Crippen LogP contribution >= 0.6 is 11.3 Å². The minimum absolute atomic E-state index is 0.226. The fourth-order valence-electron chi connectivity index (χ4n) is 1.36. The van der Waals surface area contributed by atoms with E-state index in [-0.39, 0.29) is 5.88 Å². The van der Waals surface area contributed by atoms with E-state index in [0.29, 0.717) is 18.8 Å². The van der Waals surface area contributed by atoms with Crippen molar-refractivity contribution < 1.29 is 9.34 Å². The number of nitrogens with zero attached hydrogens (tertiary/aromatic N) is 2. The Labute approximate surface area is 101 Å². The number of thiazole rings is 1. The highest BCUT2D eigenvalue weighted by atomic mass is 32.1. The molecule has 2 aromatic rings. The van der Waals surface area contributed by atoms with Gasteiger partial charge in [0.05, 0.1) is 17.6 Å². The molecule has 0 spiro atoms. The monoisotopic (exact) mass is 253 g/mol. The van der Waals surface area contributed by atoms with E-state index in [0.717, 1.165) is 9.88 Å². The van der Waals surface area contributed by atoms with Crippen molar-refractivity contribution in [1.29, 1.82) is 0 Å². The summed E-state index contributed by atoms with van der Waals surface area (Å²) in [6.45, 7) is 3.09. The molecule has 0 aliphatic rings. The quantitative estimate of drug-likeness (QED) is 0.652. The number of aromatic nitrogens is 1. The van der Waals surface area contributed by atoms with Crippen LogP contribution in [0.15, 0.2) is 22.7 Å². The first-order chi connectivity index (χ1) is 8.15. The highest BCUT2D eigenvalue weighted by Crippen LogP contribution is 2.16. The van der Waals surface area contributed by atoms with Crippen LogP contribution in [0.3, 0.4) is 0 Å². The normalized spacial score (nSPS) is 10.6. The van der Waals surface area contributed by atoms with Crippen LogP contribution in [0.5, 0.6) is 0 Å². The van der Waals surface area contributed by atoms with E-state index < -0.39 is 4.92 Å². The maximum absolute atomic E-state index is 10.4. The average molecular weight is 253 g/mol. The average Bonchev–Trinajstić information content (AvgIpc) is 2.88. The zero-order chi connectivity index (χ0) is 12.3. The molecule has 0 amide bonds. The van der Waals surface area contributed by atoms with Gasteiger partial charge in [-0.05, 0) is 13.0 Å². The van der Waals surface area contributed by atoms with Crippen LogP contribution in [-0.2, 0) is 13.1 Å². The number of hydrogen-bond donors (Lipinski definition) is 1. The highest BCUT2D eigenvalue weighted by molar-refractivity contribution is 7.11. The van der Waals surface area contributed by atoms with Gasteiger partial charge < -0.3 is 9.73 Å². The van der Waals surface area contributed by atoms with E-state index in [1.54, 1.807) is 17.4 Å². The molecule has 2 rings (SSSR count). The predicted molar refractivity (Wildman–Crippen MR) is 62.8 cm³/mol. The predicted octanol–water partition coefficient (Wildman–Crippen LogP) is 2.24. The number of rotatable bonds is 5. The molecule has 90 valence electrons. The molecule has 0 aliphatic carbocycles. The van der Waals surface area contributed by atoms with Gasteiger partial charge >= 0.3 is 5.88 Å². The Balaban J connectivity index is 1.83. The molecule has 0 bridgehead atoms. The molecule has 0 atom stereocenters. The lowest BCUT2D eigenvalue weighted by Crippen LogP contribution is -2.11. The van der Waals surface area contributed by atoms with Gasteiger partial charge in [0.15, 0.2) is 0 Å². The summed E-state index contributed by atoms with van der Waals surface area (Å²) in [5.74, 6) is 0.327. The SMILES string of the molecule is Cc1ncc(CNCc2ccc([N+](=O)[O-])o2)s1. The first kappa shape index (κ1) is 11.7. The third kappa shape index (κ3) is 3.11. The number of aryl methyl sites for hydroxylation is 1. The minimum atomic E-state index is -0.546. The number of furan rings is 1. The van der Waals surface area contributed by atoms with Crippen LogP contribution in [0.2, 0.25) is 0 Å². The molecule has 0 unspecified atom stereocenters. The van der Waals surface area contributed by atoms with E-state index in [9.17, 15) is 10.1 Å². The van der Waals surface area contributed by atoms with Crippen LogP contribution in [0, 0.1) is 17.0 Å². The Morgan fingerprint density at radius 3 is 2.94 bits per heavy atom. The summed E-state index contributed by atoms with van der Waals surface area (Å²) in [5.41, 5.74) is 0. The summed E-state index contributed by atoms with van der Waals surface area (Å²) >= 11 is 1.62. The molecule has 17 heavy (non-hydrogen) atoms. The Kier molecular flexibility index (Phi) is 3.50. The van der Waals surface area contributed by atoms with Crippen molar-refractivity contribution in [2.75, 3.05) is 0 Å². The van der Waals surface area contributed by atoms with Gasteiger partial charge in [0.25, 0.3) is 0 Å². The van der Waals surface area contributed by atoms with Gasteiger partial charge in [-0.15, -0.1) is 11.3 Å². The lowest BCUT2D eigenvalue weighted by atomic mass is 10.4. The maximum atomic E-state index is 10.4. The van der Waals surface area contributed by atoms with Gasteiger partial charge in [0, 0.05) is 17.6 Å². The van der Waals surface area contributed by atoms with Crippen molar-refractivity contribution in [1.82, 2.24) is 10.3 Å². The smallest absolute Gasteiger partial charge is 0.404 e. The van der Waals surface area contributed by atoms with E-state index in [2.05, 4.69) is 10.3 Å². The lowest BCUT2D eigenvalue weighted by molar-refractivity contribution is -0.402. The highest BCUT2D eigenvalue weighted by Gasteiger charge is 2.11. The van der Waals surface area contributed by atoms with Crippen molar-refractivity contribution in [3.63, 3.8) is 0 Å². The fourth-order valence-corrected chi connectivity index (χ4v) is 2.12. The molecular formula is C10H11N3O3S. The maximum Gasteiger partial charge on any atom is 0.433 e. The summed E-state index contributed by atoms with van der Waals surface area (Å²) in [5, 5.41) is 14.6. The number of nitro groups is 1. The summed E-state index contributed by atoms with van der Waals surface area (Å²) < 4.78 is 5.01. The molecule has 1 N–H and O–H groups in total. The van der Waals surface area contributed by atoms with Crippen LogP contribution in [0.1, 0.15) is 15.6 Å². The Bertz CT molecular complexity index is 520. The van der Waals surface area contributed by atoms with E-state index >= 15 is 0 Å². The molecule has 0 saturated heterocycles. The molecule has 0 aromatic carbocycles. The lowest BCUT2D eigenvalue weighted by Gasteiger charge is -1.98. The standard InChI is InChI=1S/C10H11N3O3S/c1-7-12-6-9(17-7)5-11-4-8-2-3-10(16-8)13(14)15/h2-3,6,11H,4-5H2,1H3. The van der Waals surface area contributed by atoms with Gasteiger partial charge in [0.2, 0.25) is 0 Å².